The van der Waals surface area contributed by atoms with Gasteiger partial charge in [-0.2, -0.15) is 0 Å². The molecule has 0 amide bonds. The van der Waals surface area contributed by atoms with E-state index in [1.165, 1.54) is 24.4 Å². The molecule has 1 aliphatic rings. The maximum atomic E-state index is 14.3. The van der Waals surface area contributed by atoms with E-state index in [9.17, 15) is 22.4 Å². The number of halogens is 1. The number of hydrogen-bond acceptors (Lipinski definition) is 7. The van der Waals surface area contributed by atoms with Crippen molar-refractivity contribution in [2.24, 2.45) is 0 Å². The van der Waals surface area contributed by atoms with Gasteiger partial charge in [0.25, 0.3) is 5.56 Å². The molecule has 0 spiro atoms. The molecular weight excluding hydrogens is 457 g/mol. The molecule has 33 heavy (non-hydrogen) atoms. The summed E-state index contributed by atoms with van der Waals surface area (Å²) in [5, 5.41) is 0. The van der Waals surface area contributed by atoms with Crippen LogP contribution in [-0.2, 0) is 26.2 Å². The highest BCUT2D eigenvalue weighted by Gasteiger charge is 2.27. The smallest absolute Gasteiger partial charge is 0.330 e. The van der Waals surface area contributed by atoms with E-state index in [2.05, 4.69) is 9.71 Å². The van der Waals surface area contributed by atoms with Crippen LogP contribution in [-0.4, -0.2) is 42.7 Å². The van der Waals surface area contributed by atoms with Gasteiger partial charge < -0.3 is 14.2 Å². The summed E-state index contributed by atoms with van der Waals surface area (Å²) in [4.78, 5) is 25.0. The molecule has 2 N–H and O–H groups in total. The molecule has 1 saturated heterocycles. The Hall–Kier alpha value is -2.54. The summed E-state index contributed by atoms with van der Waals surface area (Å²) in [6, 6.07) is 4.65. The predicted octanol–water partition coefficient (Wildman–Crippen LogP) is 1.62. The molecule has 2 heterocycles. The maximum Gasteiger partial charge on any atom is 0.330 e. The minimum Gasteiger partial charge on any atom is -0.487 e. The van der Waals surface area contributed by atoms with E-state index in [4.69, 9.17) is 14.2 Å². The number of nitrogens with one attached hydrogen (secondary N) is 2. The summed E-state index contributed by atoms with van der Waals surface area (Å²) in [6.07, 6.45) is 2.47. The molecule has 12 heteroatoms. The van der Waals surface area contributed by atoms with Crippen molar-refractivity contribution in [1.82, 2.24) is 14.3 Å². The average Bonchev–Trinajstić information content (AvgIpc) is 2.77. The lowest BCUT2D eigenvalue weighted by atomic mass is 10.1. The summed E-state index contributed by atoms with van der Waals surface area (Å²) in [7, 11) is -3.97. The van der Waals surface area contributed by atoms with Crippen LogP contribution in [0.3, 0.4) is 0 Å². The van der Waals surface area contributed by atoms with E-state index in [0.29, 0.717) is 31.6 Å². The fourth-order valence-corrected chi connectivity index (χ4v) is 4.84. The summed E-state index contributed by atoms with van der Waals surface area (Å²) in [5.74, 6) is -0.465. The van der Waals surface area contributed by atoms with E-state index in [1.807, 2.05) is 0 Å². The lowest BCUT2D eigenvalue weighted by molar-refractivity contribution is 0.0240. The number of nitrogens with zero attached hydrogens (tertiary/aromatic N) is 1. The fourth-order valence-electron chi connectivity index (χ4n) is 3.38. The fraction of sp³-hybridized carbons (Fsp3) is 0.524. The lowest BCUT2D eigenvalue weighted by Gasteiger charge is -2.24. The molecule has 1 aliphatic heterocycles. The van der Waals surface area contributed by atoms with Crippen molar-refractivity contribution in [3.05, 3.63) is 62.7 Å². The van der Waals surface area contributed by atoms with Crippen molar-refractivity contribution in [3.8, 4) is 5.75 Å². The first-order valence-corrected chi connectivity index (χ1v) is 12.2. The van der Waals surface area contributed by atoms with Crippen LogP contribution in [0.1, 0.15) is 44.7 Å². The molecule has 0 radical (unpaired) electrons. The van der Waals surface area contributed by atoms with Gasteiger partial charge in [-0.05, 0) is 31.0 Å². The van der Waals surface area contributed by atoms with E-state index in [0.717, 1.165) is 10.6 Å². The Balaban J connectivity index is 1.67. The zero-order valence-electron chi connectivity index (χ0n) is 18.5. The molecule has 2 atom stereocenters. The van der Waals surface area contributed by atoms with Crippen LogP contribution >= 0.6 is 0 Å². The minimum atomic E-state index is -3.97. The summed E-state index contributed by atoms with van der Waals surface area (Å²) < 4.78 is 60.1. The van der Waals surface area contributed by atoms with Gasteiger partial charge in [0.05, 0.1) is 13.2 Å². The maximum absolute atomic E-state index is 14.3. The first kappa shape index (κ1) is 25.1. The number of aromatic nitrogens is 2. The first-order valence-electron chi connectivity index (χ1n) is 10.7. The SMILES string of the molecule is CCC(OCn1ccc(=O)[nH]c1=O)S(=O)(=O)NC(C)c1ccc(F)c(OC2CCOCC2)c1. The highest BCUT2D eigenvalue weighted by atomic mass is 32.2. The van der Waals surface area contributed by atoms with E-state index in [-0.39, 0.29) is 25.0 Å². The van der Waals surface area contributed by atoms with Gasteiger partial charge in [-0.25, -0.2) is 22.3 Å². The molecule has 2 unspecified atom stereocenters. The number of H-pyrrole nitrogens is 1. The molecule has 1 aromatic heterocycles. The van der Waals surface area contributed by atoms with Crippen LogP contribution in [0.25, 0.3) is 0 Å². The minimum absolute atomic E-state index is 0.0613. The van der Waals surface area contributed by atoms with Gasteiger partial charge >= 0.3 is 5.69 Å². The van der Waals surface area contributed by atoms with Gasteiger partial charge in [0.2, 0.25) is 10.0 Å². The normalized spacial score (nSPS) is 16.9. The molecule has 1 aromatic carbocycles. The van der Waals surface area contributed by atoms with E-state index in [1.54, 1.807) is 13.8 Å². The van der Waals surface area contributed by atoms with Gasteiger partial charge in [-0.3, -0.25) is 14.3 Å². The molecule has 3 rings (SSSR count). The largest absolute Gasteiger partial charge is 0.487 e. The monoisotopic (exact) mass is 485 g/mol. The number of aromatic amines is 1. The van der Waals surface area contributed by atoms with Crippen molar-refractivity contribution in [3.63, 3.8) is 0 Å². The highest BCUT2D eigenvalue weighted by molar-refractivity contribution is 7.89. The summed E-state index contributed by atoms with van der Waals surface area (Å²) >= 11 is 0. The second-order valence-corrected chi connectivity index (χ2v) is 9.57. The number of hydrogen-bond donors (Lipinski definition) is 2. The quantitative estimate of drug-likeness (QED) is 0.523. The Morgan fingerprint density at radius 2 is 2.00 bits per heavy atom. The van der Waals surface area contributed by atoms with Gasteiger partial charge in [0.15, 0.2) is 17.0 Å². The zero-order valence-corrected chi connectivity index (χ0v) is 19.3. The van der Waals surface area contributed by atoms with Crippen LogP contribution in [0.2, 0.25) is 0 Å². The molecule has 2 aromatic rings. The van der Waals surface area contributed by atoms with E-state index < -0.39 is 38.6 Å². The number of rotatable bonds is 10. The van der Waals surface area contributed by atoms with Crippen molar-refractivity contribution in [1.29, 1.82) is 0 Å². The number of benzene rings is 1. The topological polar surface area (TPSA) is 129 Å². The molecule has 0 saturated carbocycles. The third-order valence-corrected chi connectivity index (χ3v) is 7.08. The highest BCUT2D eigenvalue weighted by Crippen LogP contribution is 2.26. The Morgan fingerprint density at radius 3 is 2.67 bits per heavy atom. The number of ether oxygens (including phenoxy) is 3. The van der Waals surface area contributed by atoms with Crippen LogP contribution in [0.4, 0.5) is 4.39 Å². The Labute approximate surface area is 190 Å². The zero-order chi connectivity index (χ0) is 24.0. The molecule has 1 fully saturated rings. The average molecular weight is 486 g/mol. The van der Waals surface area contributed by atoms with Gasteiger partial charge in [0, 0.05) is 31.1 Å². The van der Waals surface area contributed by atoms with Crippen molar-refractivity contribution in [2.45, 2.75) is 57.4 Å². The second kappa shape index (κ2) is 11.1. The van der Waals surface area contributed by atoms with Crippen LogP contribution in [0.15, 0.2) is 40.1 Å². The third kappa shape index (κ3) is 6.73. The Kier molecular flexibility index (Phi) is 8.40. The first-order chi connectivity index (χ1) is 15.7. The molecule has 182 valence electrons. The van der Waals surface area contributed by atoms with Crippen LogP contribution in [0.5, 0.6) is 5.75 Å². The Morgan fingerprint density at radius 1 is 1.27 bits per heavy atom. The van der Waals surface area contributed by atoms with Crippen LogP contribution in [0, 0.1) is 5.82 Å². The Bertz CT molecular complexity index is 1160. The standard InChI is InChI=1S/C21H28FN3O7S/c1-3-20(31-13-25-9-6-19(26)23-21(25)27)33(28,29)24-14(2)15-4-5-17(22)18(12-15)32-16-7-10-30-11-8-16/h4-6,9,12,14,16,20,24H,3,7-8,10-11,13H2,1-2H3,(H,23,26,27). The number of sulfonamides is 1. The predicted molar refractivity (Wildman–Crippen MR) is 118 cm³/mol. The van der Waals surface area contributed by atoms with E-state index >= 15 is 0 Å². The van der Waals surface area contributed by atoms with Gasteiger partial charge in [0.1, 0.15) is 12.8 Å². The second-order valence-electron chi connectivity index (χ2n) is 7.72. The van der Waals surface area contributed by atoms with Crippen molar-refractivity contribution < 1.29 is 27.0 Å². The summed E-state index contributed by atoms with van der Waals surface area (Å²) in [5.41, 5.74) is -2.00. The van der Waals surface area contributed by atoms with Crippen molar-refractivity contribution in [2.75, 3.05) is 13.2 Å². The third-order valence-electron chi connectivity index (χ3n) is 5.23. The molecule has 0 aliphatic carbocycles. The van der Waals surface area contributed by atoms with Crippen molar-refractivity contribution >= 4 is 10.0 Å². The summed E-state index contributed by atoms with van der Waals surface area (Å²) in [6.45, 7) is 3.99. The molecular formula is C21H28FN3O7S. The van der Waals surface area contributed by atoms with Gasteiger partial charge in [-0.15, -0.1) is 0 Å². The molecule has 10 nitrogen and oxygen atoms in total. The molecule has 0 bridgehead atoms. The van der Waals surface area contributed by atoms with Gasteiger partial charge in [-0.1, -0.05) is 13.0 Å². The van der Waals surface area contributed by atoms with Crippen LogP contribution < -0.4 is 20.7 Å². The lowest BCUT2D eigenvalue weighted by Crippen LogP contribution is -2.39.